The van der Waals surface area contributed by atoms with Crippen LogP contribution in [0.4, 0.5) is 10.5 Å². The van der Waals surface area contributed by atoms with Crippen molar-refractivity contribution in [2.24, 2.45) is 5.92 Å². The smallest absolute Gasteiger partial charge is 0.318 e. The Morgan fingerprint density at radius 1 is 1.23 bits per heavy atom. The van der Waals surface area contributed by atoms with Crippen LogP contribution in [0.1, 0.15) is 24.1 Å². The largest absolute Gasteiger partial charge is 0.467 e. The Kier molecular flexibility index (Phi) is 3.80. The van der Waals surface area contributed by atoms with Crippen molar-refractivity contribution in [3.05, 3.63) is 58.6 Å². The van der Waals surface area contributed by atoms with Crippen molar-refractivity contribution < 1.29 is 14.3 Å². The Bertz CT molecular complexity index is 899. The number of benzene rings is 2. The number of fused-ring (bicyclic) bond motifs is 4. The van der Waals surface area contributed by atoms with Crippen molar-refractivity contribution in [2.75, 3.05) is 5.32 Å². The Hall–Kier alpha value is -2.73. The maximum absolute atomic E-state index is 13.1. The van der Waals surface area contributed by atoms with E-state index in [1.54, 1.807) is 31.2 Å². The molecule has 2 aliphatic heterocycles. The molecule has 2 bridgehead atoms. The van der Waals surface area contributed by atoms with Gasteiger partial charge < -0.3 is 15.4 Å². The molecular weight excluding hydrogens is 354 g/mol. The number of rotatable bonds is 2. The molecule has 6 nitrogen and oxygen atoms in total. The number of anilines is 1. The third-order valence-corrected chi connectivity index (χ3v) is 5.04. The number of carbonyl (C=O) groups excluding carboxylic acids is 2. The Labute approximate surface area is 155 Å². The zero-order chi connectivity index (χ0) is 18.5. The average Bonchev–Trinajstić information content (AvgIpc) is 2.56. The van der Waals surface area contributed by atoms with E-state index in [2.05, 4.69) is 16.0 Å². The van der Waals surface area contributed by atoms with Crippen LogP contribution in [0.25, 0.3) is 0 Å². The number of amides is 3. The van der Waals surface area contributed by atoms with E-state index >= 15 is 0 Å². The Morgan fingerprint density at radius 3 is 2.69 bits per heavy atom. The van der Waals surface area contributed by atoms with Crippen molar-refractivity contribution in [3.63, 3.8) is 0 Å². The van der Waals surface area contributed by atoms with Crippen molar-refractivity contribution in [2.45, 2.75) is 25.6 Å². The number of urea groups is 1. The molecule has 0 aromatic heterocycles. The minimum Gasteiger partial charge on any atom is -0.467 e. The first-order chi connectivity index (χ1) is 12.4. The van der Waals surface area contributed by atoms with Gasteiger partial charge in [0.2, 0.25) is 5.91 Å². The fraction of sp³-hybridized carbons (Fsp3) is 0.263. The van der Waals surface area contributed by atoms with Crippen LogP contribution in [0, 0.1) is 12.8 Å². The van der Waals surface area contributed by atoms with E-state index < -0.39 is 17.7 Å². The zero-order valence-corrected chi connectivity index (χ0v) is 15.1. The second-order valence-corrected chi connectivity index (χ2v) is 7.24. The van der Waals surface area contributed by atoms with E-state index in [4.69, 9.17) is 16.3 Å². The highest BCUT2D eigenvalue weighted by atomic mass is 35.5. The minimum atomic E-state index is -1.15. The summed E-state index contributed by atoms with van der Waals surface area (Å²) < 4.78 is 6.05. The first-order valence-electron chi connectivity index (χ1n) is 8.30. The zero-order valence-electron chi connectivity index (χ0n) is 14.3. The molecule has 2 aromatic rings. The van der Waals surface area contributed by atoms with Gasteiger partial charge in [0.05, 0.1) is 6.04 Å². The number of nitrogens with one attached hydrogen (secondary N) is 3. The lowest BCUT2D eigenvalue weighted by Crippen LogP contribution is -2.70. The molecule has 1 saturated heterocycles. The number of ether oxygens (including phenoxy) is 1. The first-order valence-corrected chi connectivity index (χ1v) is 8.68. The molecule has 3 amide bonds. The van der Waals surface area contributed by atoms with Gasteiger partial charge in [-0.2, -0.15) is 0 Å². The molecule has 0 spiro atoms. The average molecular weight is 372 g/mol. The second kappa shape index (κ2) is 5.92. The maximum atomic E-state index is 13.1. The molecule has 0 saturated carbocycles. The lowest BCUT2D eigenvalue weighted by molar-refractivity contribution is -0.133. The summed E-state index contributed by atoms with van der Waals surface area (Å²) in [6, 6.07) is 11.8. The van der Waals surface area contributed by atoms with Gasteiger partial charge in [0.15, 0.2) is 5.72 Å². The van der Waals surface area contributed by atoms with Crippen LogP contribution in [0.2, 0.25) is 5.02 Å². The van der Waals surface area contributed by atoms with Crippen molar-refractivity contribution in [1.82, 2.24) is 10.6 Å². The van der Waals surface area contributed by atoms with Gasteiger partial charge in [-0.3, -0.25) is 10.1 Å². The quantitative estimate of drug-likeness (QED) is 0.757. The highest BCUT2D eigenvalue weighted by Crippen LogP contribution is 2.45. The van der Waals surface area contributed by atoms with Crippen LogP contribution in [-0.4, -0.2) is 17.7 Å². The van der Waals surface area contributed by atoms with Crippen molar-refractivity contribution in [1.29, 1.82) is 0 Å². The molecule has 2 heterocycles. The third-order valence-electron chi connectivity index (χ3n) is 4.79. The van der Waals surface area contributed by atoms with E-state index in [1.807, 2.05) is 25.1 Å². The molecule has 2 aromatic carbocycles. The van der Waals surface area contributed by atoms with Crippen molar-refractivity contribution >= 4 is 29.2 Å². The highest BCUT2D eigenvalue weighted by Gasteiger charge is 2.55. The van der Waals surface area contributed by atoms with Crippen LogP contribution in [0.3, 0.4) is 0 Å². The summed E-state index contributed by atoms with van der Waals surface area (Å²) in [5.74, 6) is -0.240. The molecule has 0 aliphatic carbocycles. The van der Waals surface area contributed by atoms with Gasteiger partial charge in [-0.1, -0.05) is 29.3 Å². The summed E-state index contributed by atoms with van der Waals surface area (Å²) >= 11 is 5.89. The molecule has 0 radical (unpaired) electrons. The summed E-state index contributed by atoms with van der Waals surface area (Å²) in [7, 11) is 0. The topological polar surface area (TPSA) is 79.5 Å². The molecule has 7 heteroatoms. The predicted octanol–water partition coefficient (Wildman–Crippen LogP) is 3.37. The fourth-order valence-electron chi connectivity index (χ4n) is 3.62. The van der Waals surface area contributed by atoms with Crippen LogP contribution in [0.15, 0.2) is 42.5 Å². The molecule has 4 rings (SSSR count). The molecule has 3 atom stereocenters. The summed E-state index contributed by atoms with van der Waals surface area (Å²) in [6.45, 7) is 3.67. The van der Waals surface area contributed by atoms with E-state index in [-0.39, 0.29) is 11.9 Å². The summed E-state index contributed by atoms with van der Waals surface area (Å²) in [5, 5.41) is 9.09. The van der Waals surface area contributed by atoms with Gasteiger partial charge in [-0.05, 0) is 44.2 Å². The van der Waals surface area contributed by atoms with Gasteiger partial charge in [0.1, 0.15) is 11.7 Å². The van der Waals surface area contributed by atoms with Gasteiger partial charge in [0, 0.05) is 16.3 Å². The monoisotopic (exact) mass is 371 g/mol. The lowest BCUT2D eigenvalue weighted by atomic mass is 9.79. The van der Waals surface area contributed by atoms with E-state index in [0.717, 1.165) is 11.1 Å². The van der Waals surface area contributed by atoms with Crippen LogP contribution >= 0.6 is 11.6 Å². The maximum Gasteiger partial charge on any atom is 0.318 e. The molecular formula is C19H18ClN3O3. The molecule has 2 aliphatic rings. The van der Waals surface area contributed by atoms with Crippen molar-refractivity contribution in [3.8, 4) is 5.75 Å². The summed E-state index contributed by atoms with van der Waals surface area (Å²) in [6.07, 6.45) is 0. The molecule has 26 heavy (non-hydrogen) atoms. The Morgan fingerprint density at radius 2 is 1.96 bits per heavy atom. The Balaban J connectivity index is 1.71. The van der Waals surface area contributed by atoms with Gasteiger partial charge >= 0.3 is 6.03 Å². The number of halogens is 1. The van der Waals surface area contributed by atoms with Crippen LogP contribution in [-0.2, 0) is 4.79 Å². The second-order valence-electron chi connectivity index (χ2n) is 6.80. The number of carbonyl (C=O) groups is 2. The first kappa shape index (κ1) is 16.7. The van der Waals surface area contributed by atoms with Crippen LogP contribution in [0.5, 0.6) is 5.75 Å². The predicted molar refractivity (Wildman–Crippen MR) is 98.2 cm³/mol. The van der Waals surface area contributed by atoms with E-state index in [0.29, 0.717) is 16.5 Å². The van der Waals surface area contributed by atoms with Crippen LogP contribution < -0.4 is 20.7 Å². The summed E-state index contributed by atoms with van der Waals surface area (Å²) in [5.41, 5.74) is 1.31. The lowest BCUT2D eigenvalue weighted by Gasteiger charge is -2.49. The number of hydrogen-bond donors (Lipinski definition) is 3. The fourth-order valence-corrected chi connectivity index (χ4v) is 3.74. The molecule has 0 unspecified atom stereocenters. The third kappa shape index (κ3) is 2.76. The van der Waals surface area contributed by atoms with Gasteiger partial charge in [-0.15, -0.1) is 0 Å². The minimum absolute atomic E-state index is 0.250. The van der Waals surface area contributed by atoms with E-state index in [9.17, 15) is 9.59 Å². The summed E-state index contributed by atoms with van der Waals surface area (Å²) in [4.78, 5) is 25.1. The van der Waals surface area contributed by atoms with Gasteiger partial charge in [0.25, 0.3) is 0 Å². The van der Waals surface area contributed by atoms with Gasteiger partial charge in [-0.25, -0.2) is 4.79 Å². The molecule has 1 fully saturated rings. The highest BCUT2D eigenvalue weighted by molar-refractivity contribution is 6.30. The number of aryl methyl sites for hydroxylation is 1. The van der Waals surface area contributed by atoms with E-state index in [1.165, 1.54) is 0 Å². The SMILES string of the molecule is Cc1ccc2c(c1)[C@H]1NC(=O)N[C@@](C)(O2)[C@H]1C(=O)Nc1ccc(Cl)cc1. The normalized spacial score (nSPS) is 26.0. The standard InChI is InChI=1S/C19H18ClN3O3/c1-10-3-8-14-13(9-10)16-15(19(2,26-14)23-18(25)22-16)17(24)21-12-6-4-11(20)5-7-12/h3-9,15-16H,1-2H3,(H,21,24)(H2,22,23,25)/t15-,16-,19+/m1/s1. The molecule has 3 N–H and O–H groups in total. The number of hydrogen-bond acceptors (Lipinski definition) is 3. The molecule has 134 valence electrons.